The summed E-state index contributed by atoms with van der Waals surface area (Å²) in [5.74, 6) is -0.0866. The molecule has 0 radical (unpaired) electrons. The standard InChI is InChI=1S/C23H18ClN5O2S/c24-18-13-11-17(12-14-18)22(31)27-25-20(30)15-32-23-28-26-21(16-7-3-1-4-8-16)29(23)19-9-5-2-6-10-19/h1-14H,15H2,(H,25,30)(H,27,31). The molecule has 2 N–H and O–H groups in total. The van der Waals surface area contributed by atoms with E-state index >= 15 is 0 Å². The van der Waals surface area contributed by atoms with E-state index in [4.69, 9.17) is 11.6 Å². The van der Waals surface area contributed by atoms with Crippen molar-refractivity contribution in [3.63, 3.8) is 0 Å². The molecule has 0 atom stereocenters. The zero-order chi connectivity index (χ0) is 22.3. The molecule has 1 aromatic heterocycles. The summed E-state index contributed by atoms with van der Waals surface area (Å²) in [6, 6.07) is 25.8. The lowest BCUT2D eigenvalue weighted by Crippen LogP contribution is -2.42. The number of rotatable bonds is 6. The molecule has 4 rings (SSSR count). The first-order valence-corrected chi connectivity index (χ1v) is 11.0. The van der Waals surface area contributed by atoms with E-state index in [1.54, 1.807) is 24.3 Å². The Morgan fingerprint density at radius 3 is 2.19 bits per heavy atom. The fourth-order valence-electron chi connectivity index (χ4n) is 2.91. The first-order valence-electron chi connectivity index (χ1n) is 9.65. The maximum Gasteiger partial charge on any atom is 0.269 e. The Labute approximate surface area is 193 Å². The molecule has 0 aliphatic carbocycles. The maximum absolute atomic E-state index is 12.3. The minimum atomic E-state index is -0.432. The predicted octanol–water partition coefficient (Wildman–Crippen LogP) is 4.14. The van der Waals surface area contributed by atoms with Crippen molar-refractivity contribution in [2.75, 3.05) is 5.75 Å². The molecule has 0 saturated heterocycles. The highest BCUT2D eigenvalue weighted by molar-refractivity contribution is 7.99. The van der Waals surface area contributed by atoms with Crippen molar-refractivity contribution in [2.45, 2.75) is 5.16 Å². The van der Waals surface area contributed by atoms with E-state index in [2.05, 4.69) is 21.0 Å². The minimum Gasteiger partial charge on any atom is -0.272 e. The lowest BCUT2D eigenvalue weighted by molar-refractivity contribution is -0.119. The summed E-state index contributed by atoms with van der Waals surface area (Å²) in [5, 5.41) is 9.72. The molecule has 1 heterocycles. The number of carbonyl (C=O) groups is 2. The van der Waals surface area contributed by atoms with Gasteiger partial charge in [-0.3, -0.25) is 25.0 Å². The Morgan fingerprint density at radius 1 is 0.844 bits per heavy atom. The van der Waals surface area contributed by atoms with Crippen LogP contribution < -0.4 is 10.9 Å². The van der Waals surface area contributed by atoms with Crippen molar-refractivity contribution in [3.05, 3.63) is 95.5 Å². The summed E-state index contributed by atoms with van der Waals surface area (Å²) in [6.07, 6.45) is 0. The molecule has 3 aromatic carbocycles. The van der Waals surface area contributed by atoms with Crippen LogP contribution in [0.2, 0.25) is 5.02 Å². The lowest BCUT2D eigenvalue weighted by Gasteiger charge is -2.11. The van der Waals surface area contributed by atoms with Gasteiger partial charge in [0.15, 0.2) is 11.0 Å². The van der Waals surface area contributed by atoms with Crippen molar-refractivity contribution < 1.29 is 9.59 Å². The van der Waals surface area contributed by atoms with Crippen molar-refractivity contribution in [2.24, 2.45) is 0 Å². The van der Waals surface area contributed by atoms with Crippen LogP contribution in [0, 0.1) is 0 Å². The number of amides is 2. The SMILES string of the molecule is O=C(CSc1nnc(-c2ccccc2)n1-c1ccccc1)NNC(=O)c1ccc(Cl)cc1. The fourth-order valence-corrected chi connectivity index (χ4v) is 3.79. The average Bonchev–Trinajstić information content (AvgIpc) is 3.27. The molecule has 0 unspecified atom stereocenters. The number of benzene rings is 3. The van der Waals surface area contributed by atoms with Gasteiger partial charge < -0.3 is 0 Å². The third kappa shape index (κ3) is 5.16. The van der Waals surface area contributed by atoms with Crippen LogP contribution in [-0.2, 0) is 4.79 Å². The third-order valence-corrected chi connectivity index (χ3v) is 5.61. The van der Waals surface area contributed by atoms with Crippen LogP contribution in [0.15, 0.2) is 90.1 Å². The number of hydrazine groups is 1. The van der Waals surface area contributed by atoms with Gasteiger partial charge in [0.05, 0.1) is 5.75 Å². The van der Waals surface area contributed by atoms with Gasteiger partial charge >= 0.3 is 0 Å². The van der Waals surface area contributed by atoms with Crippen molar-refractivity contribution >= 4 is 35.2 Å². The highest BCUT2D eigenvalue weighted by Crippen LogP contribution is 2.27. The molecule has 4 aromatic rings. The average molecular weight is 464 g/mol. The van der Waals surface area contributed by atoms with E-state index in [1.165, 1.54) is 11.8 Å². The summed E-state index contributed by atoms with van der Waals surface area (Å²) in [7, 11) is 0. The summed E-state index contributed by atoms with van der Waals surface area (Å²) in [6.45, 7) is 0. The Hall–Kier alpha value is -3.62. The quantitative estimate of drug-likeness (QED) is 0.331. The Balaban J connectivity index is 1.45. The molecule has 32 heavy (non-hydrogen) atoms. The van der Waals surface area contributed by atoms with Gasteiger partial charge in [-0.15, -0.1) is 10.2 Å². The van der Waals surface area contributed by atoms with Crippen LogP contribution in [-0.4, -0.2) is 32.3 Å². The largest absolute Gasteiger partial charge is 0.272 e. The van der Waals surface area contributed by atoms with Crippen molar-refractivity contribution in [1.82, 2.24) is 25.6 Å². The number of halogens is 1. The zero-order valence-electron chi connectivity index (χ0n) is 16.7. The predicted molar refractivity (Wildman–Crippen MR) is 125 cm³/mol. The van der Waals surface area contributed by atoms with Gasteiger partial charge in [0, 0.05) is 21.8 Å². The topological polar surface area (TPSA) is 88.9 Å². The van der Waals surface area contributed by atoms with E-state index in [9.17, 15) is 9.59 Å². The zero-order valence-corrected chi connectivity index (χ0v) is 18.3. The number of hydrogen-bond acceptors (Lipinski definition) is 5. The first kappa shape index (κ1) is 21.6. The highest BCUT2D eigenvalue weighted by atomic mass is 35.5. The van der Waals surface area contributed by atoms with Crippen LogP contribution in [0.4, 0.5) is 0 Å². The Morgan fingerprint density at radius 2 is 1.50 bits per heavy atom. The molecule has 2 amide bonds. The van der Waals surface area contributed by atoms with Gasteiger partial charge in [0.2, 0.25) is 5.91 Å². The van der Waals surface area contributed by atoms with E-state index < -0.39 is 5.91 Å². The van der Waals surface area contributed by atoms with Gasteiger partial charge in [-0.1, -0.05) is 71.9 Å². The van der Waals surface area contributed by atoms with E-state index in [1.807, 2.05) is 65.2 Å². The summed E-state index contributed by atoms with van der Waals surface area (Å²) in [4.78, 5) is 24.4. The number of nitrogens with one attached hydrogen (secondary N) is 2. The van der Waals surface area contributed by atoms with Crippen LogP contribution in [0.1, 0.15) is 10.4 Å². The lowest BCUT2D eigenvalue weighted by atomic mass is 10.2. The van der Waals surface area contributed by atoms with Gasteiger partial charge in [0.25, 0.3) is 5.91 Å². The molecular formula is C23H18ClN5O2S. The van der Waals surface area contributed by atoms with Gasteiger partial charge in [-0.2, -0.15) is 0 Å². The van der Waals surface area contributed by atoms with Crippen molar-refractivity contribution in [3.8, 4) is 17.1 Å². The summed E-state index contributed by atoms with van der Waals surface area (Å²) < 4.78 is 1.90. The number of nitrogens with zero attached hydrogens (tertiary/aromatic N) is 3. The van der Waals surface area contributed by atoms with E-state index in [0.717, 1.165) is 11.3 Å². The van der Waals surface area contributed by atoms with E-state index in [-0.39, 0.29) is 11.7 Å². The molecule has 0 bridgehead atoms. The first-order chi connectivity index (χ1) is 15.6. The van der Waals surface area contributed by atoms with E-state index in [0.29, 0.717) is 21.6 Å². The minimum absolute atomic E-state index is 0.0423. The van der Waals surface area contributed by atoms with Gasteiger partial charge in [0.1, 0.15) is 0 Å². The molecule has 0 aliphatic heterocycles. The van der Waals surface area contributed by atoms with Crippen LogP contribution in [0.25, 0.3) is 17.1 Å². The van der Waals surface area contributed by atoms with Gasteiger partial charge in [-0.25, -0.2) is 0 Å². The second-order valence-corrected chi connectivity index (χ2v) is 8.02. The number of carbonyl (C=O) groups excluding carboxylic acids is 2. The maximum atomic E-state index is 12.3. The van der Waals surface area contributed by atoms with Crippen LogP contribution in [0.3, 0.4) is 0 Å². The second kappa shape index (κ2) is 10.1. The molecule has 0 aliphatic rings. The second-order valence-electron chi connectivity index (χ2n) is 6.64. The normalized spacial score (nSPS) is 10.5. The Kier molecular flexibility index (Phi) is 6.84. The number of para-hydroxylation sites is 1. The van der Waals surface area contributed by atoms with Gasteiger partial charge in [-0.05, 0) is 36.4 Å². The molecule has 0 spiro atoms. The van der Waals surface area contributed by atoms with Crippen molar-refractivity contribution in [1.29, 1.82) is 0 Å². The molecule has 7 nitrogen and oxygen atoms in total. The molecule has 0 fully saturated rings. The fraction of sp³-hybridized carbons (Fsp3) is 0.0435. The summed E-state index contributed by atoms with van der Waals surface area (Å²) >= 11 is 7.05. The highest BCUT2D eigenvalue weighted by Gasteiger charge is 2.17. The monoisotopic (exact) mass is 463 g/mol. The molecular weight excluding hydrogens is 446 g/mol. The smallest absolute Gasteiger partial charge is 0.269 e. The molecule has 0 saturated carbocycles. The molecule has 9 heteroatoms. The Bertz CT molecular complexity index is 1210. The number of aromatic nitrogens is 3. The number of thioether (sulfide) groups is 1. The van der Waals surface area contributed by atoms with Crippen LogP contribution in [0.5, 0.6) is 0 Å². The third-order valence-electron chi connectivity index (χ3n) is 4.43. The molecule has 160 valence electrons. The summed E-state index contributed by atoms with van der Waals surface area (Å²) in [5.41, 5.74) is 6.99. The van der Waals surface area contributed by atoms with Crippen LogP contribution >= 0.6 is 23.4 Å². The number of hydrogen-bond donors (Lipinski definition) is 2.